The van der Waals surface area contributed by atoms with Crippen molar-refractivity contribution < 1.29 is 27.9 Å². The van der Waals surface area contributed by atoms with Crippen molar-refractivity contribution in [2.45, 2.75) is 26.6 Å². The molecule has 1 N–H and O–H groups in total. The Morgan fingerprint density at radius 3 is 2.59 bits per heavy atom. The summed E-state index contributed by atoms with van der Waals surface area (Å²) in [5.41, 5.74) is 0.742. The highest BCUT2D eigenvalue weighted by Gasteiger charge is 2.21. The van der Waals surface area contributed by atoms with Gasteiger partial charge in [0.2, 0.25) is 5.76 Å². The number of esters is 1. The smallest absolute Gasteiger partial charge is 0.375 e. The van der Waals surface area contributed by atoms with Crippen LogP contribution in [0.3, 0.4) is 0 Å². The zero-order valence-corrected chi connectivity index (χ0v) is 16.0. The molecule has 1 aromatic heterocycles. The number of amides is 1. The van der Waals surface area contributed by atoms with Gasteiger partial charge < -0.3 is 19.2 Å². The lowest BCUT2D eigenvalue weighted by molar-refractivity contribution is -0.123. The van der Waals surface area contributed by atoms with Crippen LogP contribution in [0.2, 0.25) is 0 Å². The largest absolute Gasteiger partial charge is 0.486 e. The van der Waals surface area contributed by atoms with Crippen LogP contribution in [0.15, 0.2) is 65.1 Å². The van der Waals surface area contributed by atoms with Gasteiger partial charge in [0.05, 0.1) is 0 Å². The average molecular weight is 397 g/mol. The molecule has 1 heterocycles. The minimum absolute atomic E-state index is 0.0438. The number of carbonyl (C=O) groups is 2. The van der Waals surface area contributed by atoms with Crippen LogP contribution in [0.5, 0.6) is 5.75 Å². The molecule has 0 aliphatic carbocycles. The predicted octanol–water partition coefficient (Wildman–Crippen LogP) is 4.49. The van der Waals surface area contributed by atoms with Crippen molar-refractivity contribution >= 4 is 17.6 Å². The van der Waals surface area contributed by atoms with E-state index in [2.05, 4.69) is 5.32 Å². The van der Waals surface area contributed by atoms with E-state index in [1.54, 1.807) is 37.3 Å². The van der Waals surface area contributed by atoms with Crippen LogP contribution in [0.4, 0.5) is 10.1 Å². The topological polar surface area (TPSA) is 77.8 Å². The predicted molar refractivity (Wildman–Crippen MR) is 104 cm³/mol. The van der Waals surface area contributed by atoms with Gasteiger partial charge in [-0.05, 0) is 55.8 Å². The zero-order chi connectivity index (χ0) is 20.8. The minimum atomic E-state index is -1.10. The third-order valence-electron chi connectivity index (χ3n) is 4.08. The summed E-state index contributed by atoms with van der Waals surface area (Å²) in [5.74, 6) is -0.737. The number of para-hydroxylation sites is 1. The van der Waals surface area contributed by atoms with Gasteiger partial charge >= 0.3 is 5.97 Å². The Kier molecular flexibility index (Phi) is 6.29. The number of aryl methyl sites for hydroxylation is 1. The van der Waals surface area contributed by atoms with Gasteiger partial charge in [-0.3, -0.25) is 4.79 Å². The Balaban J connectivity index is 1.53. The van der Waals surface area contributed by atoms with Crippen LogP contribution in [0, 0.1) is 12.7 Å². The molecule has 0 radical (unpaired) electrons. The molecule has 0 saturated heterocycles. The molecular weight excluding hydrogens is 377 g/mol. The molecule has 1 unspecified atom stereocenters. The van der Waals surface area contributed by atoms with Crippen molar-refractivity contribution in [1.82, 2.24) is 0 Å². The summed E-state index contributed by atoms with van der Waals surface area (Å²) >= 11 is 0. The molecule has 150 valence electrons. The van der Waals surface area contributed by atoms with Gasteiger partial charge in [0, 0.05) is 5.69 Å². The molecule has 0 bridgehead atoms. The number of furan rings is 1. The third kappa shape index (κ3) is 5.44. The Morgan fingerprint density at radius 1 is 1.10 bits per heavy atom. The van der Waals surface area contributed by atoms with Gasteiger partial charge in [0.25, 0.3) is 5.91 Å². The van der Waals surface area contributed by atoms with Crippen LogP contribution in [0.1, 0.15) is 28.8 Å². The number of benzene rings is 2. The monoisotopic (exact) mass is 397 g/mol. The molecule has 3 rings (SSSR count). The second kappa shape index (κ2) is 9.05. The first-order valence-corrected chi connectivity index (χ1v) is 8.97. The third-order valence-corrected chi connectivity index (χ3v) is 4.08. The van der Waals surface area contributed by atoms with Crippen LogP contribution >= 0.6 is 0 Å². The number of hydrogen-bond acceptors (Lipinski definition) is 5. The molecule has 3 aromatic rings. The van der Waals surface area contributed by atoms with Crippen molar-refractivity contribution in [1.29, 1.82) is 0 Å². The number of halogens is 1. The molecule has 0 aliphatic heterocycles. The average Bonchev–Trinajstić information content (AvgIpc) is 3.19. The number of anilines is 1. The maximum Gasteiger partial charge on any atom is 0.375 e. The first-order chi connectivity index (χ1) is 13.9. The normalized spacial score (nSPS) is 11.6. The van der Waals surface area contributed by atoms with Crippen molar-refractivity contribution in [3.05, 3.63) is 83.6 Å². The van der Waals surface area contributed by atoms with Crippen molar-refractivity contribution in [3.63, 3.8) is 0 Å². The number of ether oxygens (including phenoxy) is 2. The van der Waals surface area contributed by atoms with E-state index in [0.29, 0.717) is 17.1 Å². The zero-order valence-electron chi connectivity index (χ0n) is 16.0. The lowest BCUT2D eigenvalue weighted by atomic mass is 10.2. The van der Waals surface area contributed by atoms with E-state index in [4.69, 9.17) is 13.9 Å². The fourth-order valence-electron chi connectivity index (χ4n) is 2.42. The van der Waals surface area contributed by atoms with Crippen LogP contribution in [-0.2, 0) is 16.1 Å². The molecule has 2 aromatic carbocycles. The van der Waals surface area contributed by atoms with Crippen molar-refractivity contribution in [2.24, 2.45) is 0 Å². The van der Waals surface area contributed by atoms with E-state index in [-0.39, 0.29) is 18.1 Å². The van der Waals surface area contributed by atoms with E-state index >= 15 is 0 Å². The van der Waals surface area contributed by atoms with Gasteiger partial charge in [-0.25, -0.2) is 9.18 Å². The summed E-state index contributed by atoms with van der Waals surface area (Å²) in [6.07, 6.45) is -1.10. The van der Waals surface area contributed by atoms with Gasteiger partial charge in [0.15, 0.2) is 6.10 Å². The maximum atomic E-state index is 13.6. The fourth-order valence-corrected chi connectivity index (χ4v) is 2.42. The molecule has 0 saturated carbocycles. The summed E-state index contributed by atoms with van der Waals surface area (Å²) in [6.45, 7) is 3.18. The van der Waals surface area contributed by atoms with E-state index in [9.17, 15) is 14.0 Å². The fraction of sp³-hybridized carbons (Fsp3) is 0.182. The van der Waals surface area contributed by atoms with Gasteiger partial charge in [-0.2, -0.15) is 0 Å². The Hall–Kier alpha value is -3.61. The lowest BCUT2D eigenvalue weighted by Gasteiger charge is -2.13. The molecule has 0 fully saturated rings. The van der Waals surface area contributed by atoms with E-state index in [1.165, 1.54) is 19.1 Å². The first kappa shape index (κ1) is 20.1. The minimum Gasteiger partial charge on any atom is -0.486 e. The van der Waals surface area contributed by atoms with E-state index in [1.807, 2.05) is 18.2 Å². The van der Waals surface area contributed by atoms with Crippen LogP contribution in [-0.4, -0.2) is 18.0 Å². The first-order valence-electron chi connectivity index (χ1n) is 8.97. The molecule has 0 spiro atoms. The number of rotatable bonds is 7. The van der Waals surface area contributed by atoms with Gasteiger partial charge in [-0.1, -0.05) is 24.3 Å². The summed E-state index contributed by atoms with van der Waals surface area (Å²) in [6, 6.07) is 16.5. The van der Waals surface area contributed by atoms with E-state index in [0.717, 1.165) is 0 Å². The van der Waals surface area contributed by atoms with Gasteiger partial charge in [-0.15, -0.1) is 0 Å². The lowest BCUT2D eigenvalue weighted by Crippen LogP contribution is -2.29. The molecule has 29 heavy (non-hydrogen) atoms. The van der Waals surface area contributed by atoms with E-state index < -0.39 is 23.8 Å². The molecule has 1 amide bonds. The molecule has 1 atom stereocenters. The summed E-state index contributed by atoms with van der Waals surface area (Å²) in [5, 5.41) is 2.50. The molecule has 6 nitrogen and oxygen atoms in total. The summed E-state index contributed by atoms with van der Waals surface area (Å²) in [4.78, 5) is 24.4. The second-order valence-corrected chi connectivity index (χ2v) is 6.37. The number of hydrogen-bond donors (Lipinski definition) is 1. The highest BCUT2D eigenvalue weighted by molar-refractivity contribution is 5.96. The van der Waals surface area contributed by atoms with Crippen LogP contribution in [0.25, 0.3) is 0 Å². The van der Waals surface area contributed by atoms with Crippen LogP contribution < -0.4 is 10.1 Å². The van der Waals surface area contributed by atoms with Gasteiger partial charge in [0.1, 0.15) is 23.9 Å². The Morgan fingerprint density at radius 2 is 1.86 bits per heavy atom. The Labute approximate surface area is 167 Å². The molecular formula is C22H20FNO5. The van der Waals surface area contributed by atoms with Crippen molar-refractivity contribution in [3.8, 4) is 5.75 Å². The highest BCUT2D eigenvalue weighted by atomic mass is 19.1. The van der Waals surface area contributed by atoms with Crippen molar-refractivity contribution in [2.75, 3.05) is 5.32 Å². The highest BCUT2D eigenvalue weighted by Crippen LogP contribution is 2.16. The Bertz CT molecular complexity index is 999. The molecule has 0 aliphatic rings. The standard InChI is InChI=1S/C22H20FNO5/c1-14-8-9-16(12-19(14)23)24-21(25)15(2)28-22(26)20-11-10-18(29-20)13-27-17-6-4-3-5-7-17/h3-12,15H,13H2,1-2H3,(H,24,25). The number of carbonyl (C=O) groups excluding carboxylic acids is 2. The quantitative estimate of drug-likeness (QED) is 0.595. The summed E-state index contributed by atoms with van der Waals surface area (Å²) in [7, 11) is 0. The second-order valence-electron chi connectivity index (χ2n) is 6.37. The summed E-state index contributed by atoms with van der Waals surface area (Å²) < 4.78 is 29.7. The maximum absolute atomic E-state index is 13.6. The molecule has 7 heteroatoms. The number of nitrogens with one attached hydrogen (secondary N) is 1. The SMILES string of the molecule is Cc1ccc(NC(=O)C(C)OC(=O)c2ccc(COc3ccccc3)o2)cc1F.